The summed E-state index contributed by atoms with van der Waals surface area (Å²) in [4.78, 5) is 64.0. The summed E-state index contributed by atoms with van der Waals surface area (Å²) in [5.74, 6) is -0.0579. The van der Waals surface area contributed by atoms with Gasteiger partial charge in [-0.05, 0) is 90.4 Å². The predicted octanol–water partition coefficient (Wildman–Crippen LogP) is 12.9. The molecular weight excluding hydrogens is 925 g/mol. The maximum absolute atomic E-state index is 13.9. The number of hydrogen-bond acceptors (Lipinski definition) is 8. The Kier molecular flexibility index (Phi) is 40.9. The predicted molar refractivity (Wildman–Crippen MR) is 309 cm³/mol. The average molecular weight is 1050 g/mol. The molecule has 0 bridgehead atoms. The number of unbranched alkanes of at least 4 members (excludes halogenated alkanes) is 24. The molecule has 12 heteroatoms. The Labute approximate surface area is 456 Å². The first-order chi connectivity index (χ1) is 35.9. The molecule has 0 aromatic rings. The van der Waals surface area contributed by atoms with E-state index in [0.717, 1.165) is 64.5 Å². The van der Waals surface area contributed by atoms with E-state index in [1.54, 1.807) is 0 Å². The molecule has 4 amide bonds. The lowest BCUT2D eigenvalue weighted by atomic mass is 9.99. The van der Waals surface area contributed by atoms with Crippen LogP contribution < -0.4 is 10.6 Å². The quantitative estimate of drug-likeness (QED) is 0.0578. The fourth-order valence-corrected chi connectivity index (χ4v) is 11.6. The Morgan fingerprint density at radius 1 is 0.459 bits per heavy atom. The van der Waals surface area contributed by atoms with Gasteiger partial charge in [0.15, 0.2) is 0 Å². The molecule has 2 rings (SSSR count). The Bertz CT molecular complexity index is 1300. The van der Waals surface area contributed by atoms with Crippen LogP contribution in [-0.2, 0) is 28.7 Å². The second kappa shape index (κ2) is 44.7. The minimum atomic E-state index is -0.520. The van der Waals surface area contributed by atoms with Crippen LogP contribution in [0.3, 0.4) is 0 Å². The van der Waals surface area contributed by atoms with E-state index in [2.05, 4.69) is 48.4 Å². The summed E-state index contributed by atoms with van der Waals surface area (Å²) in [5.41, 5.74) is 0. The average Bonchev–Trinajstić information content (AvgIpc) is 3.99. The first-order valence-electron chi connectivity index (χ1n) is 31.6. The summed E-state index contributed by atoms with van der Waals surface area (Å²) < 4.78 is 11.7. The molecule has 2 saturated heterocycles. The van der Waals surface area contributed by atoms with E-state index in [-0.39, 0.29) is 35.5 Å². The summed E-state index contributed by atoms with van der Waals surface area (Å²) in [7, 11) is 4.35. The van der Waals surface area contributed by atoms with Crippen molar-refractivity contribution in [2.45, 2.75) is 284 Å². The molecule has 2 N–H and O–H groups in total. The molecule has 2 aliphatic rings. The normalized spacial score (nSPS) is 17.1. The van der Waals surface area contributed by atoms with Crippen LogP contribution in [0, 0.1) is 11.8 Å². The molecule has 0 aliphatic carbocycles. The van der Waals surface area contributed by atoms with Gasteiger partial charge in [-0.2, -0.15) is 0 Å². The van der Waals surface area contributed by atoms with Crippen molar-refractivity contribution < 1.29 is 28.7 Å². The van der Waals surface area contributed by atoms with Crippen molar-refractivity contribution in [1.29, 1.82) is 0 Å². The van der Waals surface area contributed by atoms with Crippen LogP contribution in [-0.4, -0.2) is 147 Å². The molecule has 74 heavy (non-hydrogen) atoms. The largest absolute Gasteiger partial charge is 0.377 e. The fraction of sp³-hybridized carbons (Fsp3) is 0.935. The van der Waals surface area contributed by atoms with Gasteiger partial charge in [-0.3, -0.25) is 19.2 Å². The number of ether oxygens (including phenoxy) is 2. The topological polar surface area (TPSA) is 124 Å². The summed E-state index contributed by atoms with van der Waals surface area (Å²) in [6.07, 6.45) is 40.4. The third kappa shape index (κ3) is 31.2. The van der Waals surface area contributed by atoms with Crippen molar-refractivity contribution in [3.05, 3.63) is 0 Å². The molecule has 434 valence electrons. The molecule has 12 nitrogen and oxygen atoms in total. The molecule has 0 aromatic heterocycles. The molecule has 0 aromatic carbocycles. The molecule has 0 radical (unpaired) electrons. The first kappa shape index (κ1) is 67.8. The summed E-state index contributed by atoms with van der Waals surface area (Å²) >= 11 is 0. The van der Waals surface area contributed by atoms with E-state index in [4.69, 9.17) is 9.47 Å². The number of hydrogen-bond donors (Lipinski definition) is 2. The summed E-state index contributed by atoms with van der Waals surface area (Å²) in [5, 5.41) is 6.17. The van der Waals surface area contributed by atoms with Crippen LogP contribution in [0.15, 0.2) is 0 Å². The molecule has 2 heterocycles. The van der Waals surface area contributed by atoms with E-state index in [9.17, 15) is 19.2 Å². The number of nitrogens with one attached hydrogen (secondary N) is 2. The van der Waals surface area contributed by atoms with Gasteiger partial charge < -0.3 is 39.7 Å². The Balaban J connectivity index is 1.75. The standard InChI is InChI=1S/C62H120N6O6/c1-9-11-13-15-17-19-21-23-25-27-29-31-33-39-57(69)67(47-41-55-37-35-45-65(55)7)59(53(3)4)61(71)63-43-49-73-51-52-74-50-44-64-62(72)60(54(5)6)68(48-42-56-38-36-46-66(56)8)58(70)40-34-32-30-28-26-24-22-20-18-16-14-12-10-2/h53-56,59-60H,9-52H2,1-8H3,(H,63,71)(H,64,72). The van der Waals surface area contributed by atoms with Gasteiger partial charge >= 0.3 is 0 Å². The number of carbonyl (C=O) groups is 4. The molecule has 4 atom stereocenters. The zero-order chi connectivity index (χ0) is 54.0. The van der Waals surface area contributed by atoms with Crippen LogP contribution >= 0.6 is 0 Å². The van der Waals surface area contributed by atoms with Crippen LogP contribution in [0.1, 0.15) is 260 Å². The lowest BCUT2D eigenvalue weighted by Crippen LogP contribution is -2.53. The highest BCUT2D eigenvalue weighted by molar-refractivity contribution is 5.88. The van der Waals surface area contributed by atoms with E-state index in [1.165, 1.54) is 154 Å². The minimum Gasteiger partial charge on any atom is -0.377 e. The molecule has 2 fully saturated rings. The second-order valence-corrected chi connectivity index (χ2v) is 23.5. The van der Waals surface area contributed by atoms with Crippen LogP contribution in [0.4, 0.5) is 0 Å². The lowest BCUT2D eigenvalue weighted by molar-refractivity contribution is -0.142. The summed E-state index contributed by atoms with van der Waals surface area (Å²) in [6.45, 7) is 18.2. The number of rotatable bonds is 49. The van der Waals surface area contributed by atoms with Gasteiger partial charge in [-0.15, -0.1) is 0 Å². The van der Waals surface area contributed by atoms with Crippen LogP contribution in [0.2, 0.25) is 0 Å². The van der Waals surface area contributed by atoms with Gasteiger partial charge in [0.1, 0.15) is 12.1 Å². The molecule has 4 unspecified atom stereocenters. The highest BCUT2D eigenvalue weighted by Gasteiger charge is 2.35. The highest BCUT2D eigenvalue weighted by Crippen LogP contribution is 2.24. The van der Waals surface area contributed by atoms with E-state index >= 15 is 0 Å². The first-order valence-corrected chi connectivity index (χ1v) is 31.6. The molecule has 0 saturated carbocycles. The third-order valence-corrected chi connectivity index (χ3v) is 16.3. The van der Waals surface area contributed by atoms with Crippen LogP contribution in [0.5, 0.6) is 0 Å². The van der Waals surface area contributed by atoms with E-state index in [1.807, 2.05) is 37.5 Å². The summed E-state index contributed by atoms with van der Waals surface area (Å²) in [6, 6.07) is -0.143. The van der Waals surface area contributed by atoms with Gasteiger partial charge in [0, 0.05) is 51.1 Å². The van der Waals surface area contributed by atoms with Gasteiger partial charge in [-0.1, -0.05) is 196 Å². The lowest BCUT2D eigenvalue weighted by Gasteiger charge is -2.35. The van der Waals surface area contributed by atoms with Gasteiger partial charge in [0.25, 0.3) is 0 Å². The maximum Gasteiger partial charge on any atom is 0.243 e. The second-order valence-electron chi connectivity index (χ2n) is 23.5. The minimum absolute atomic E-state index is 0.0195. The van der Waals surface area contributed by atoms with Gasteiger partial charge in [0.2, 0.25) is 23.6 Å². The monoisotopic (exact) mass is 1040 g/mol. The zero-order valence-corrected chi connectivity index (χ0v) is 49.8. The Morgan fingerprint density at radius 2 is 0.757 bits per heavy atom. The molecule has 0 spiro atoms. The maximum atomic E-state index is 13.9. The van der Waals surface area contributed by atoms with Crippen molar-refractivity contribution in [3.8, 4) is 0 Å². The molecule has 2 aliphatic heterocycles. The number of carbonyl (C=O) groups excluding carboxylic acids is 4. The van der Waals surface area contributed by atoms with Crippen molar-refractivity contribution >= 4 is 23.6 Å². The Hall–Kier alpha value is -2.28. The van der Waals surface area contributed by atoms with E-state index in [0.29, 0.717) is 77.5 Å². The SMILES string of the molecule is CCCCCCCCCCCCCCCC(=O)N(CCC1CCCN1C)C(C(=O)NCCOCCOCCNC(=O)C(C(C)C)N(CCC1CCCN1C)C(=O)CCCCCCCCCCCCCCC)C(C)C. The van der Waals surface area contributed by atoms with Crippen molar-refractivity contribution in [1.82, 2.24) is 30.2 Å². The number of amides is 4. The van der Waals surface area contributed by atoms with Crippen molar-refractivity contribution in [2.75, 3.05) is 79.8 Å². The van der Waals surface area contributed by atoms with Crippen molar-refractivity contribution in [3.63, 3.8) is 0 Å². The van der Waals surface area contributed by atoms with Gasteiger partial charge in [0.05, 0.1) is 26.4 Å². The third-order valence-electron chi connectivity index (χ3n) is 16.3. The molecular formula is C62H120N6O6. The number of nitrogens with zero attached hydrogens (tertiary/aromatic N) is 4. The van der Waals surface area contributed by atoms with E-state index < -0.39 is 12.1 Å². The number of likely N-dealkylation sites (tertiary alicyclic amines) is 2. The zero-order valence-electron chi connectivity index (χ0n) is 49.8. The van der Waals surface area contributed by atoms with Crippen molar-refractivity contribution in [2.24, 2.45) is 11.8 Å². The van der Waals surface area contributed by atoms with Crippen LogP contribution in [0.25, 0.3) is 0 Å². The van der Waals surface area contributed by atoms with Gasteiger partial charge in [-0.25, -0.2) is 0 Å². The Morgan fingerprint density at radius 3 is 1.03 bits per heavy atom. The fourth-order valence-electron chi connectivity index (χ4n) is 11.6. The smallest absolute Gasteiger partial charge is 0.243 e. The highest BCUT2D eigenvalue weighted by atomic mass is 16.5.